The van der Waals surface area contributed by atoms with Crippen LogP contribution in [-0.2, 0) is 23.3 Å². The Bertz CT molecular complexity index is 641. The Morgan fingerprint density at radius 2 is 2.30 bits per heavy atom. The highest BCUT2D eigenvalue weighted by atomic mass is 79.9. The van der Waals surface area contributed by atoms with Crippen LogP contribution in [0.5, 0.6) is 0 Å². The molecule has 1 amide bonds. The Labute approximate surface area is 130 Å². The van der Waals surface area contributed by atoms with Crippen LogP contribution in [0.15, 0.2) is 40.2 Å². The van der Waals surface area contributed by atoms with E-state index in [1.165, 1.54) is 10.4 Å². The zero-order valence-corrected chi connectivity index (χ0v) is 13.3. The van der Waals surface area contributed by atoms with Crippen molar-refractivity contribution in [2.24, 2.45) is 5.73 Å². The van der Waals surface area contributed by atoms with Gasteiger partial charge in [-0.05, 0) is 47.5 Å². The summed E-state index contributed by atoms with van der Waals surface area (Å²) < 4.78 is 1.04. The van der Waals surface area contributed by atoms with Crippen molar-refractivity contribution in [3.05, 3.63) is 56.2 Å². The fourth-order valence-corrected chi connectivity index (χ4v) is 3.87. The van der Waals surface area contributed by atoms with Gasteiger partial charge in [-0.1, -0.05) is 28.1 Å². The summed E-state index contributed by atoms with van der Waals surface area (Å²) in [6, 6.07) is 10.1. The van der Waals surface area contributed by atoms with E-state index < -0.39 is 5.54 Å². The molecular formula is C15H15BrN2OS. The Morgan fingerprint density at radius 1 is 1.45 bits per heavy atom. The average Bonchev–Trinajstić information content (AvgIpc) is 3.03. The van der Waals surface area contributed by atoms with Crippen molar-refractivity contribution in [3.8, 4) is 0 Å². The number of primary amides is 1. The smallest absolute Gasteiger partial charge is 0.242 e. The maximum Gasteiger partial charge on any atom is 0.242 e. The number of hydrogen-bond acceptors (Lipinski definition) is 3. The lowest BCUT2D eigenvalue weighted by molar-refractivity contribution is -0.124. The van der Waals surface area contributed by atoms with E-state index in [1.54, 1.807) is 11.3 Å². The number of halogens is 1. The number of hydrogen-bond donors (Lipinski definition) is 2. The largest absolute Gasteiger partial charge is 0.368 e. The van der Waals surface area contributed by atoms with Crippen molar-refractivity contribution in [2.75, 3.05) is 0 Å². The number of thiophene rings is 1. The highest BCUT2D eigenvalue weighted by molar-refractivity contribution is 9.10. The summed E-state index contributed by atoms with van der Waals surface area (Å²) in [5.41, 5.74) is 7.19. The molecule has 0 spiro atoms. The first-order valence-electron chi connectivity index (χ1n) is 6.48. The Hall–Kier alpha value is -1.17. The van der Waals surface area contributed by atoms with Crippen molar-refractivity contribution in [1.82, 2.24) is 5.32 Å². The maximum absolute atomic E-state index is 12.1. The lowest BCUT2D eigenvalue weighted by atomic mass is 9.91. The Morgan fingerprint density at radius 3 is 3.00 bits per heavy atom. The summed E-state index contributed by atoms with van der Waals surface area (Å²) in [6.07, 6.45) is 1.59. The topological polar surface area (TPSA) is 55.1 Å². The van der Waals surface area contributed by atoms with Gasteiger partial charge in [-0.3, -0.25) is 10.1 Å². The summed E-state index contributed by atoms with van der Waals surface area (Å²) >= 11 is 5.15. The predicted octanol–water partition coefficient (Wildman–Crippen LogP) is 2.93. The van der Waals surface area contributed by atoms with Gasteiger partial charge in [0.05, 0.1) is 0 Å². The summed E-state index contributed by atoms with van der Waals surface area (Å²) in [5, 5.41) is 5.43. The average molecular weight is 351 g/mol. The summed E-state index contributed by atoms with van der Waals surface area (Å²) in [7, 11) is 0. The second-order valence-corrected chi connectivity index (χ2v) is 6.95. The molecule has 1 aliphatic rings. The minimum absolute atomic E-state index is 0.296. The second kappa shape index (κ2) is 5.31. The van der Waals surface area contributed by atoms with Crippen LogP contribution in [0.4, 0.5) is 0 Å². The first kappa shape index (κ1) is 13.8. The minimum atomic E-state index is -0.736. The number of aryl methyl sites for hydroxylation is 1. The van der Waals surface area contributed by atoms with Crippen LogP contribution in [0.25, 0.3) is 0 Å². The van der Waals surface area contributed by atoms with Crippen LogP contribution in [-0.4, -0.2) is 5.91 Å². The van der Waals surface area contributed by atoms with E-state index >= 15 is 0 Å². The quantitative estimate of drug-likeness (QED) is 0.890. The number of carbonyl (C=O) groups excluding carboxylic acids is 1. The Kier molecular flexibility index (Phi) is 3.67. The second-order valence-electron chi connectivity index (χ2n) is 5.00. The van der Waals surface area contributed by atoms with Gasteiger partial charge in [0, 0.05) is 15.9 Å². The fourth-order valence-electron chi connectivity index (χ4n) is 2.82. The van der Waals surface area contributed by atoms with Gasteiger partial charge in [-0.15, -0.1) is 11.3 Å². The highest BCUT2D eigenvalue weighted by Crippen LogP contribution is 2.38. The summed E-state index contributed by atoms with van der Waals surface area (Å²) in [5.74, 6) is -0.296. The molecule has 0 fully saturated rings. The number of fused-ring (bicyclic) bond motifs is 1. The van der Waals surface area contributed by atoms with Crippen LogP contribution in [0.1, 0.15) is 22.4 Å². The van der Waals surface area contributed by atoms with E-state index in [-0.39, 0.29) is 5.91 Å². The van der Waals surface area contributed by atoms with E-state index in [0.717, 1.165) is 22.9 Å². The predicted molar refractivity (Wildman–Crippen MR) is 84.5 cm³/mol. The molecule has 1 aromatic carbocycles. The van der Waals surface area contributed by atoms with Crippen molar-refractivity contribution in [3.63, 3.8) is 0 Å². The molecule has 0 bridgehead atoms. The highest BCUT2D eigenvalue weighted by Gasteiger charge is 2.43. The third-order valence-electron chi connectivity index (χ3n) is 3.86. The van der Waals surface area contributed by atoms with Crippen molar-refractivity contribution >= 4 is 33.2 Å². The van der Waals surface area contributed by atoms with Gasteiger partial charge in [0.1, 0.15) is 5.54 Å². The Balaban J connectivity index is 1.93. The molecule has 1 atom stereocenters. The SMILES string of the molecule is NC(=O)C1(NCc2cccs2)CCc2cc(Br)ccc21. The molecule has 104 valence electrons. The van der Waals surface area contributed by atoms with Crippen LogP contribution < -0.4 is 11.1 Å². The van der Waals surface area contributed by atoms with Gasteiger partial charge in [0.15, 0.2) is 0 Å². The molecule has 20 heavy (non-hydrogen) atoms. The van der Waals surface area contributed by atoms with Crippen LogP contribution in [0.3, 0.4) is 0 Å². The van der Waals surface area contributed by atoms with Crippen molar-refractivity contribution < 1.29 is 4.79 Å². The maximum atomic E-state index is 12.1. The van der Waals surface area contributed by atoms with Gasteiger partial charge in [-0.25, -0.2) is 0 Å². The minimum Gasteiger partial charge on any atom is -0.368 e. The molecule has 0 saturated carbocycles. The molecule has 3 rings (SSSR count). The number of benzene rings is 1. The van der Waals surface area contributed by atoms with Gasteiger partial charge in [0.25, 0.3) is 0 Å². The number of nitrogens with one attached hydrogen (secondary N) is 1. The fraction of sp³-hybridized carbons (Fsp3) is 0.267. The normalized spacial score (nSPS) is 20.9. The van der Waals surface area contributed by atoms with Gasteiger partial charge >= 0.3 is 0 Å². The van der Waals surface area contributed by atoms with Crippen molar-refractivity contribution in [1.29, 1.82) is 0 Å². The van der Waals surface area contributed by atoms with E-state index in [0.29, 0.717) is 6.54 Å². The summed E-state index contributed by atoms with van der Waals surface area (Å²) in [4.78, 5) is 13.3. The molecule has 0 radical (unpaired) electrons. The summed E-state index contributed by atoms with van der Waals surface area (Å²) in [6.45, 7) is 0.663. The van der Waals surface area contributed by atoms with Crippen LogP contribution >= 0.6 is 27.3 Å². The molecule has 1 heterocycles. The van der Waals surface area contributed by atoms with Gasteiger partial charge in [0.2, 0.25) is 5.91 Å². The number of carbonyl (C=O) groups is 1. The molecule has 3 nitrogen and oxygen atoms in total. The van der Waals surface area contributed by atoms with Crippen molar-refractivity contribution in [2.45, 2.75) is 24.9 Å². The van der Waals surface area contributed by atoms with E-state index in [4.69, 9.17) is 5.73 Å². The number of nitrogens with two attached hydrogens (primary N) is 1. The van der Waals surface area contributed by atoms with Crippen LogP contribution in [0, 0.1) is 0 Å². The lowest BCUT2D eigenvalue weighted by Crippen LogP contribution is -2.50. The van der Waals surface area contributed by atoms with E-state index in [1.807, 2.05) is 23.6 Å². The molecule has 1 aliphatic carbocycles. The molecule has 0 saturated heterocycles. The standard InChI is InChI=1S/C15H15BrN2OS/c16-11-3-4-13-10(8-11)5-6-15(13,14(17)19)18-9-12-2-1-7-20-12/h1-4,7-8,18H,5-6,9H2,(H2,17,19). The molecular weight excluding hydrogens is 336 g/mol. The molecule has 1 aromatic heterocycles. The molecule has 1 unspecified atom stereocenters. The first-order chi connectivity index (χ1) is 9.62. The first-order valence-corrected chi connectivity index (χ1v) is 8.15. The molecule has 3 N–H and O–H groups in total. The van der Waals surface area contributed by atoms with E-state index in [2.05, 4.69) is 33.4 Å². The number of amides is 1. The van der Waals surface area contributed by atoms with Gasteiger partial charge < -0.3 is 5.73 Å². The third kappa shape index (κ3) is 2.30. The van der Waals surface area contributed by atoms with Crippen LogP contribution in [0.2, 0.25) is 0 Å². The molecule has 2 aromatic rings. The van der Waals surface area contributed by atoms with Gasteiger partial charge in [-0.2, -0.15) is 0 Å². The van der Waals surface area contributed by atoms with E-state index in [9.17, 15) is 4.79 Å². The zero-order chi connectivity index (χ0) is 14.2. The lowest BCUT2D eigenvalue weighted by Gasteiger charge is -2.28. The monoisotopic (exact) mass is 350 g/mol. The zero-order valence-electron chi connectivity index (χ0n) is 10.9. The third-order valence-corrected chi connectivity index (χ3v) is 5.23. The number of rotatable bonds is 4. The molecule has 5 heteroatoms. The molecule has 0 aliphatic heterocycles.